The van der Waals surface area contributed by atoms with E-state index in [0.717, 1.165) is 28.5 Å². The van der Waals surface area contributed by atoms with Gasteiger partial charge in [0.1, 0.15) is 5.82 Å². The van der Waals surface area contributed by atoms with Crippen LogP contribution in [0.15, 0.2) is 22.7 Å². The molecule has 1 aromatic rings. The van der Waals surface area contributed by atoms with Crippen LogP contribution in [0.25, 0.3) is 0 Å². The van der Waals surface area contributed by atoms with E-state index in [2.05, 4.69) is 50.6 Å². The van der Waals surface area contributed by atoms with E-state index in [-0.39, 0.29) is 5.82 Å². The zero-order chi connectivity index (χ0) is 12.1. The van der Waals surface area contributed by atoms with E-state index in [1.807, 2.05) is 6.07 Å². The lowest BCUT2D eigenvalue weighted by atomic mass is 10.2. The van der Waals surface area contributed by atoms with Crippen LogP contribution < -0.4 is 0 Å². The van der Waals surface area contributed by atoms with Gasteiger partial charge in [0.25, 0.3) is 0 Å². The summed E-state index contributed by atoms with van der Waals surface area (Å²) in [6.45, 7) is 6.16. The van der Waals surface area contributed by atoms with Crippen molar-refractivity contribution in [2.45, 2.75) is 26.4 Å². The van der Waals surface area contributed by atoms with Crippen molar-refractivity contribution in [3.8, 4) is 0 Å². The minimum atomic E-state index is -0.202. The molecule has 0 radical (unpaired) electrons. The number of alkyl halides is 1. The second-order valence-corrected chi connectivity index (χ2v) is 5.64. The maximum absolute atomic E-state index is 12.9. The van der Waals surface area contributed by atoms with E-state index in [1.165, 1.54) is 12.1 Å². The van der Waals surface area contributed by atoms with Crippen molar-refractivity contribution >= 4 is 31.9 Å². The molecule has 0 amide bonds. The van der Waals surface area contributed by atoms with Gasteiger partial charge in [0, 0.05) is 28.9 Å². The Balaban J connectivity index is 2.77. The SMILES string of the molecule is CC(C)N(CCBr)Cc1ccc(F)cc1Br. The molecule has 0 unspecified atom stereocenters. The fourth-order valence-electron chi connectivity index (χ4n) is 1.50. The highest BCUT2D eigenvalue weighted by molar-refractivity contribution is 9.10. The number of nitrogens with zero attached hydrogens (tertiary/aromatic N) is 1. The molecule has 90 valence electrons. The van der Waals surface area contributed by atoms with Crippen LogP contribution in [-0.4, -0.2) is 22.8 Å². The predicted molar refractivity (Wildman–Crippen MR) is 73.4 cm³/mol. The quantitative estimate of drug-likeness (QED) is 0.718. The van der Waals surface area contributed by atoms with Gasteiger partial charge < -0.3 is 0 Å². The fourth-order valence-corrected chi connectivity index (χ4v) is 2.43. The van der Waals surface area contributed by atoms with Gasteiger partial charge in [-0.15, -0.1) is 0 Å². The van der Waals surface area contributed by atoms with Crippen LogP contribution in [-0.2, 0) is 6.54 Å². The second-order valence-electron chi connectivity index (χ2n) is 3.99. The Labute approximate surface area is 113 Å². The molecule has 0 spiro atoms. The van der Waals surface area contributed by atoms with Crippen molar-refractivity contribution in [1.29, 1.82) is 0 Å². The van der Waals surface area contributed by atoms with Gasteiger partial charge in [-0.25, -0.2) is 4.39 Å². The highest BCUT2D eigenvalue weighted by Gasteiger charge is 2.11. The van der Waals surface area contributed by atoms with Gasteiger partial charge in [-0.05, 0) is 31.5 Å². The summed E-state index contributed by atoms with van der Waals surface area (Å²) in [5, 5.41) is 0.948. The topological polar surface area (TPSA) is 3.24 Å². The maximum atomic E-state index is 12.9. The minimum absolute atomic E-state index is 0.202. The Morgan fingerprint density at radius 2 is 2.06 bits per heavy atom. The molecule has 0 aliphatic carbocycles. The van der Waals surface area contributed by atoms with Gasteiger partial charge >= 0.3 is 0 Å². The zero-order valence-corrected chi connectivity index (χ0v) is 12.7. The molecule has 0 aliphatic rings. The molecule has 16 heavy (non-hydrogen) atoms. The first-order valence-electron chi connectivity index (χ1n) is 5.28. The summed E-state index contributed by atoms with van der Waals surface area (Å²) in [6.07, 6.45) is 0. The lowest BCUT2D eigenvalue weighted by Gasteiger charge is -2.26. The third-order valence-electron chi connectivity index (χ3n) is 2.49. The van der Waals surface area contributed by atoms with Crippen LogP contribution in [0.2, 0.25) is 0 Å². The number of hydrogen-bond donors (Lipinski definition) is 0. The van der Waals surface area contributed by atoms with Gasteiger partial charge in [0.2, 0.25) is 0 Å². The smallest absolute Gasteiger partial charge is 0.124 e. The van der Waals surface area contributed by atoms with Crippen molar-refractivity contribution in [2.24, 2.45) is 0 Å². The van der Waals surface area contributed by atoms with Gasteiger partial charge in [-0.1, -0.05) is 37.9 Å². The normalized spacial score (nSPS) is 11.4. The summed E-state index contributed by atoms with van der Waals surface area (Å²) < 4.78 is 13.8. The summed E-state index contributed by atoms with van der Waals surface area (Å²) in [5.41, 5.74) is 1.12. The van der Waals surface area contributed by atoms with Gasteiger partial charge in [0.05, 0.1) is 0 Å². The van der Waals surface area contributed by atoms with Gasteiger partial charge in [-0.2, -0.15) is 0 Å². The highest BCUT2D eigenvalue weighted by Crippen LogP contribution is 2.20. The summed E-state index contributed by atoms with van der Waals surface area (Å²) in [4.78, 5) is 2.34. The summed E-state index contributed by atoms with van der Waals surface area (Å²) in [6, 6.07) is 5.34. The first kappa shape index (κ1) is 14.1. The number of rotatable bonds is 5. The van der Waals surface area contributed by atoms with E-state index >= 15 is 0 Å². The summed E-state index contributed by atoms with van der Waals surface area (Å²) in [7, 11) is 0. The lowest BCUT2D eigenvalue weighted by molar-refractivity contribution is 0.227. The molecule has 0 atom stereocenters. The summed E-state index contributed by atoms with van der Waals surface area (Å²) >= 11 is 6.85. The highest BCUT2D eigenvalue weighted by atomic mass is 79.9. The van der Waals surface area contributed by atoms with Crippen molar-refractivity contribution < 1.29 is 4.39 Å². The van der Waals surface area contributed by atoms with Crippen molar-refractivity contribution in [2.75, 3.05) is 11.9 Å². The third kappa shape index (κ3) is 4.15. The van der Waals surface area contributed by atoms with Crippen LogP contribution >= 0.6 is 31.9 Å². The maximum Gasteiger partial charge on any atom is 0.124 e. The van der Waals surface area contributed by atoms with Crippen LogP contribution in [0.4, 0.5) is 4.39 Å². The molecule has 0 fully saturated rings. The first-order chi connectivity index (χ1) is 7.54. The molecule has 0 saturated carbocycles. The van der Waals surface area contributed by atoms with Gasteiger partial charge in [-0.3, -0.25) is 4.90 Å². The molecular weight excluding hydrogens is 337 g/mol. The van der Waals surface area contributed by atoms with E-state index in [4.69, 9.17) is 0 Å². The predicted octanol–water partition coefficient (Wildman–Crippen LogP) is 4.19. The van der Waals surface area contributed by atoms with Crippen LogP contribution in [0.3, 0.4) is 0 Å². The van der Waals surface area contributed by atoms with Crippen molar-refractivity contribution in [3.05, 3.63) is 34.1 Å². The van der Waals surface area contributed by atoms with E-state index < -0.39 is 0 Å². The third-order valence-corrected chi connectivity index (χ3v) is 3.58. The number of halogens is 3. The molecule has 0 bridgehead atoms. The van der Waals surface area contributed by atoms with Crippen molar-refractivity contribution in [3.63, 3.8) is 0 Å². The molecule has 1 nitrogen and oxygen atoms in total. The van der Waals surface area contributed by atoms with E-state index in [9.17, 15) is 4.39 Å². The second kappa shape index (κ2) is 6.72. The van der Waals surface area contributed by atoms with E-state index in [1.54, 1.807) is 0 Å². The average molecular weight is 353 g/mol. The van der Waals surface area contributed by atoms with E-state index in [0.29, 0.717) is 6.04 Å². The first-order valence-corrected chi connectivity index (χ1v) is 7.20. The Hall–Kier alpha value is 0.0700. The molecule has 0 aliphatic heterocycles. The molecule has 0 aromatic heterocycles. The fraction of sp³-hybridized carbons (Fsp3) is 0.500. The van der Waals surface area contributed by atoms with Crippen LogP contribution in [0.5, 0.6) is 0 Å². The van der Waals surface area contributed by atoms with Gasteiger partial charge in [0.15, 0.2) is 0 Å². The molecule has 0 N–H and O–H groups in total. The average Bonchev–Trinajstić information content (AvgIpc) is 2.20. The molecule has 1 rings (SSSR count). The molecule has 4 heteroatoms. The van der Waals surface area contributed by atoms with Crippen LogP contribution in [0.1, 0.15) is 19.4 Å². The monoisotopic (exact) mass is 351 g/mol. The molecular formula is C12H16Br2FN. The Bertz CT molecular complexity index is 342. The molecule has 0 saturated heterocycles. The molecule has 0 heterocycles. The standard InChI is InChI=1S/C12H16Br2FN/c1-9(2)16(6-5-13)8-10-3-4-11(15)7-12(10)14/h3-4,7,9H,5-6,8H2,1-2H3. The minimum Gasteiger partial charge on any atom is -0.296 e. The van der Waals surface area contributed by atoms with Crippen LogP contribution in [0, 0.1) is 5.82 Å². The lowest BCUT2D eigenvalue weighted by Crippen LogP contribution is -2.32. The Kier molecular flexibility index (Phi) is 5.94. The largest absolute Gasteiger partial charge is 0.296 e. The summed E-state index contributed by atoms with van der Waals surface area (Å²) in [5.74, 6) is -0.202. The Morgan fingerprint density at radius 1 is 1.38 bits per heavy atom. The number of hydrogen-bond acceptors (Lipinski definition) is 1. The Morgan fingerprint density at radius 3 is 2.56 bits per heavy atom. The van der Waals surface area contributed by atoms with Crippen molar-refractivity contribution in [1.82, 2.24) is 4.90 Å². The zero-order valence-electron chi connectivity index (χ0n) is 9.51. The number of benzene rings is 1. The molecule has 1 aromatic carbocycles.